The van der Waals surface area contributed by atoms with E-state index in [0.717, 1.165) is 16.9 Å². The van der Waals surface area contributed by atoms with Gasteiger partial charge < -0.3 is 14.8 Å². The van der Waals surface area contributed by atoms with Crippen molar-refractivity contribution in [3.05, 3.63) is 77.6 Å². The Bertz CT molecular complexity index is 1300. The number of halogens is 1. The van der Waals surface area contributed by atoms with E-state index in [4.69, 9.17) is 21.1 Å². The Kier molecular flexibility index (Phi) is 6.14. The zero-order valence-corrected chi connectivity index (χ0v) is 18.8. The van der Waals surface area contributed by atoms with E-state index >= 15 is 0 Å². The SMILES string of the molecule is O=C(CSc1nnc(-c2ccccc2)n1Cc1ccc2c(c1)OCO2)Nc1cccnc1Cl. The lowest BCUT2D eigenvalue weighted by Gasteiger charge is -2.11. The molecular weight excluding hydrogens is 462 g/mol. The summed E-state index contributed by atoms with van der Waals surface area (Å²) in [5.74, 6) is 2.08. The highest BCUT2D eigenvalue weighted by Gasteiger charge is 2.19. The minimum Gasteiger partial charge on any atom is -0.454 e. The van der Waals surface area contributed by atoms with Gasteiger partial charge in [0, 0.05) is 11.8 Å². The number of carbonyl (C=O) groups is 1. The highest BCUT2D eigenvalue weighted by molar-refractivity contribution is 7.99. The number of anilines is 1. The highest BCUT2D eigenvalue weighted by atomic mass is 35.5. The summed E-state index contributed by atoms with van der Waals surface area (Å²) >= 11 is 7.33. The summed E-state index contributed by atoms with van der Waals surface area (Å²) in [6, 6.07) is 19.0. The van der Waals surface area contributed by atoms with Crippen molar-refractivity contribution >= 4 is 35.0 Å². The molecule has 0 bridgehead atoms. The third-order valence-electron chi connectivity index (χ3n) is 4.89. The zero-order chi connectivity index (χ0) is 22.6. The van der Waals surface area contributed by atoms with Crippen LogP contribution in [0.4, 0.5) is 5.69 Å². The number of hydrogen-bond donors (Lipinski definition) is 1. The first-order valence-electron chi connectivity index (χ1n) is 10.1. The number of benzene rings is 2. The highest BCUT2D eigenvalue weighted by Crippen LogP contribution is 2.33. The van der Waals surface area contributed by atoms with Crippen molar-refractivity contribution in [2.24, 2.45) is 0 Å². The Morgan fingerprint density at radius 2 is 1.91 bits per heavy atom. The molecule has 0 saturated carbocycles. The molecule has 0 atom stereocenters. The third-order valence-corrected chi connectivity index (χ3v) is 6.16. The molecule has 4 aromatic rings. The Hall–Kier alpha value is -3.56. The van der Waals surface area contributed by atoms with Crippen molar-refractivity contribution < 1.29 is 14.3 Å². The largest absolute Gasteiger partial charge is 0.454 e. The molecule has 2 aromatic heterocycles. The standard InChI is InChI=1S/C23H18ClN5O3S/c24-21-17(7-4-10-25-21)26-20(30)13-33-23-28-27-22(16-5-2-1-3-6-16)29(23)12-15-8-9-18-19(11-15)32-14-31-18/h1-11H,12-14H2,(H,26,30). The predicted octanol–water partition coefficient (Wildman–Crippen LogP) is 4.50. The number of carbonyl (C=O) groups excluding carboxylic acids is 1. The van der Waals surface area contributed by atoms with Gasteiger partial charge in [-0.15, -0.1) is 10.2 Å². The van der Waals surface area contributed by atoms with Crippen molar-refractivity contribution in [1.29, 1.82) is 0 Å². The molecule has 3 heterocycles. The van der Waals surface area contributed by atoms with E-state index in [0.29, 0.717) is 29.0 Å². The first-order chi connectivity index (χ1) is 16.2. The second-order valence-electron chi connectivity index (χ2n) is 7.12. The van der Waals surface area contributed by atoms with Gasteiger partial charge in [-0.25, -0.2) is 4.98 Å². The van der Waals surface area contributed by atoms with Gasteiger partial charge in [-0.05, 0) is 29.8 Å². The molecule has 8 nitrogen and oxygen atoms in total. The number of nitrogens with one attached hydrogen (secondary N) is 1. The fourth-order valence-corrected chi connectivity index (χ4v) is 4.26. The van der Waals surface area contributed by atoms with Gasteiger partial charge >= 0.3 is 0 Å². The van der Waals surface area contributed by atoms with E-state index in [9.17, 15) is 4.79 Å². The number of fused-ring (bicyclic) bond motifs is 1. The molecule has 0 radical (unpaired) electrons. The molecule has 1 aliphatic heterocycles. The van der Waals surface area contributed by atoms with E-state index in [2.05, 4.69) is 20.5 Å². The average molecular weight is 480 g/mol. The van der Waals surface area contributed by atoms with E-state index < -0.39 is 0 Å². The predicted molar refractivity (Wildman–Crippen MR) is 126 cm³/mol. The van der Waals surface area contributed by atoms with Crippen LogP contribution < -0.4 is 14.8 Å². The molecule has 0 fully saturated rings. The van der Waals surface area contributed by atoms with Gasteiger partial charge in [-0.3, -0.25) is 9.36 Å². The molecule has 33 heavy (non-hydrogen) atoms. The molecule has 166 valence electrons. The number of pyridine rings is 1. The monoisotopic (exact) mass is 479 g/mol. The lowest BCUT2D eigenvalue weighted by molar-refractivity contribution is -0.113. The number of aromatic nitrogens is 4. The van der Waals surface area contributed by atoms with E-state index in [1.807, 2.05) is 53.1 Å². The molecule has 0 saturated heterocycles. The minimum absolute atomic E-state index is 0.138. The van der Waals surface area contributed by atoms with Crippen LogP contribution in [0.15, 0.2) is 72.0 Å². The Morgan fingerprint density at radius 1 is 1.06 bits per heavy atom. The van der Waals surface area contributed by atoms with Crippen molar-refractivity contribution in [1.82, 2.24) is 19.7 Å². The normalized spacial score (nSPS) is 12.0. The molecule has 0 spiro atoms. The molecule has 10 heteroatoms. The van der Waals surface area contributed by atoms with Gasteiger partial charge in [0.25, 0.3) is 0 Å². The Labute approximate surface area is 198 Å². The van der Waals surface area contributed by atoms with Gasteiger partial charge in [0.15, 0.2) is 27.6 Å². The molecule has 0 aliphatic carbocycles. The summed E-state index contributed by atoms with van der Waals surface area (Å²) < 4.78 is 12.9. The maximum Gasteiger partial charge on any atom is 0.234 e. The maximum absolute atomic E-state index is 12.5. The average Bonchev–Trinajstić information content (AvgIpc) is 3.46. The van der Waals surface area contributed by atoms with E-state index in [1.165, 1.54) is 11.8 Å². The molecule has 0 unspecified atom stereocenters. The topological polar surface area (TPSA) is 91.2 Å². The van der Waals surface area contributed by atoms with Crippen LogP contribution in [0.2, 0.25) is 5.15 Å². The molecular formula is C23H18ClN5O3S. The van der Waals surface area contributed by atoms with Crippen LogP contribution in [0.25, 0.3) is 11.4 Å². The smallest absolute Gasteiger partial charge is 0.234 e. The van der Waals surface area contributed by atoms with Crippen LogP contribution in [-0.4, -0.2) is 38.2 Å². The van der Waals surface area contributed by atoms with Crippen molar-refractivity contribution in [3.63, 3.8) is 0 Å². The number of thioether (sulfide) groups is 1. The fourth-order valence-electron chi connectivity index (χ4n) is 3.36. The summed E-state index contributed by atoms with van der Waals surface area (Å²) in [5, 5.41) is 12.4. The van der Waals surface area contributed by atoms with Gasteiger partial charge in [0.05, 0.1) is 18.0 Å². The van der Waals surface area contributed by atoms with Crippen LogP contribution >= 0.6 is 23.4 Å². The second-order valence-corrected chi connectivity index (χ2v) is 8.43. The Balaban J connectivity index is 1.38. The van der Waals surface area contributed by atoms with Crippen LogP contribution in [0, 0.1) is 0 Å². The second kappa shape index (κ2) is 9.51. The lowest BCUT2D eigenvalue weighted by atomic mass is 10.2. The molecule has 1 N–H and O–H groups in total. The third kappa shape index (κ3) is 4.79. The summed E-state index contributed by atoms with van der Waals surface area (Å²) in [6.45, 7) is 0.726. The quantitative estimate of drug-likeness (QED) is 0.308. The van der Waals surface area contributed by atoms with Crippen molar-refractivity contribution in [2.45, 2.75) is 11.7 Å². The summed E-state index contributed by atoms with van der Waals surface area (Å²) in [7, 11) is 0. The van der Waals surface area contributed by atoms with Crippen molar-refractivity contribution in [2.75, 3.05) is 17.9 Å². The lowest BCUT2D eigenvalue weighted by Crippen LogP contribution is -2.15. The Morgan fingerprint density at radius 3 is 2.76 bits per heavy atom. The van der Waals surface area contributed by atoms with Crippen LogP contribution in [0.3, 0.4) is 0 Å². The number of nitrogens with zero attached hydrogens (tertiary/aromatic N) is 4. The minimum atomic E-state index is -0.214. The fraction of sp³-hybridized carbons (Fsp3) is 0.130. The zero-order valence-electron chi connectivity index (χ0n) is 17.3. The summed E-state index contributed by atoms with van der Waals surface area (Å²) in [6.07, 6.45) is 1.57. The molecule has 2 aromatic carbocycles. The van der Waals surface area contributed by atoms with Crippen molar-refractivity contribution in [3.8, 4) is 22.9 Å². The van der Waals surface area contributed by atoms with Crippen LogP contribution in [0.5, 0.6) is 11.5 Å². The van der Waals surface area contributed by atoms with Gasteiger partial charge in [0.1, 0.15) is 0 Å². The molecule has 1 amide bonds. The molecule has 5 rings (SSSR count). The van der Waals surface area contributed by atoms with Gasteiger partial charge in [-0.2, -0.15) is 0 Å². The van der Waals surface area contributed by atoms with E-state index in [1.54, 1.807) is 18.3 Å². The number of rotatable bonds is 7. The first kappa shape index (κ1) is 21.3. The first-order valence-corrected chi connectivity index (χ1v) is 11.4. The molecule has 1 aliphatic rings. The summed E-state index contributed by atoms with van der Waals surface area (Å²) in [4.78, 5) is 16.5. The maximum atomic E-state index is 12.5. The number of amides is 1. The number of hydrogen-bond acceptors (Lipinski definition) is 7. The summed E-state index contributed by atoms with van der Waals surface area (Å²) in [5.41, 5.74) is 2.41. The number of ether oxygens (including phenoxy) is 2. The van der Waals surface area contributed by atoms with Gasteiger partial charge in [-0.1, -0.05) is 59.8 Å². The van der Waals surface area contributed by atoms with Gasteiger partial charge in [0.2, 0.25) is 12.7 Å². The van der Waals surface area contributed by atoms with Crippen LogP contribution in [-0.2, 0) is 11.3 Å². The van der Waals surface area contributed by atoms with E-state index in [-0.39, 0.29) is 23.6 Å². The van der Waals surface area contributed by atoms with Crippen LogP contribution in [0.1, 0.15) is 5.56 Å².